The van der Waals surface area contributed by atoms with Crippen LogP contribution in [0.25, 0.3) is 0 Å². The molecule has 1 N–H and O–H groups in total. The van der Waals surface area contributed by atoms with Gasteiger partial charge in [-0.15, -0.1) is 0 Å². The van der Waals surface area contributed by atoms with Gasteiger partial charge in [0.1, 0.15) is 0 Å². The van der Waals surface area contributed by atoms with Crippen molar-refractivity contribution in [2.24, 2.45) is 11.8 Å². The van der Waals surface area contributed by atoms with Crippen LogP contribution in [0.4, 0.5) is 0 Å². The molecule has 0 amide bonds. The summed E-state index contributed by atoms with van der Waals surface area (Å²) in [4.78, 5) is 2.23. The van der Waals surface area contributed by atoms with Crippen LogP contribution in [0.3, 0.4) is 0 Å². The van der Waals surface area contributed by atoms with Gasteiger partial charge in [0.25, 0.3) is 0 Å². The molecule has 0 aromatic rings. The Balaban J connectivity index is 2.41. The molecule has 1 aliphatic rings. The second-order valence-electron chi connectivity index (χ2n) is 4.05. The maximum Gasteiger partial charge on any atom is 0.0983 e. The molecule has 1 heterocycles. The first kappa shape index (κ1) is 9.56. The fraction of sp³-hybridized carbons (Fsp3) is 0.900. The summed E-state index contributed by atoms with van der Waals surface area (Å²) >= 11 is 0. The van der Waals surface area contributed by atoms with E-state index in [0.29, 0.717) is 5.92 Å². The zero-order valence-electron chi connectivity index (χ0n) is 8.43. The number of nitrogens with zero attached hydrogens (tertiary/aromatic N) is 1. The largest absolute Gasteiger partial charge is 0.360 e. The van der Waals surface area contributed by atoms with Crippen LogP contribution in [0.5, 0.6) is 0 Å². The molecule has 12 heavy (non-hydrogen) atoms. The number of likely N-dealkylation sites (tertiary alicyclic amines) is 1. The topological polar surface area (TPSA) is 27.1 Å². The zero-order chi connectivity index (χ0) is 9.14. The van der Waals surface area contributed by atoms with Crippen LogP contribution >= 0.6 is 0 Å². The highest BCUT2D eigenvalue weighted by Gasteiger charge is 2.23. The van der Waals surface area contributed by atoms with E-state index >= 15 is 0 Å². The Hall–Kier alpha value is -0.530. The van der Waals surface area contributed by atoms with Crippen molar-refractivity contribution in [1.82, 2.24) is 4.90 Å². The highest BCUT2D eigenvalue weighted by atomic mass is 15.2. The second-order valence-corrected chi connectivity index (χ2v) is 4.05. The lowest BCUT2D eigenvalue weighted by Crippen LogP contribution is -2.31. The Morgan fingerprint density at radius 3 is 2.67 bits per heavy atom. The molecule has 1 atom stereocenters. The molecule has 2 nitrogen and oxygen atoms in total. The quantitative estimate of drug-likeness (QED) is 0.497. The van der Waals surface area contributed by atoms with Gasteiger partial charge < -0.3 is 4.90 Å². The molecule has 0 bridgehead atoms. The van der Waals surface area contributed by atoms with Crippen LogP contribution in [-0.4, -0.2) is 23.8 Å². The molecular formula is C10H20N2. The Morgan fingerprint density at radius 2 is 2.25 bits per heavy atom. The van der Waals surface area contributed by atoms with Gasteiger partial charge in [0.15, 0.2) is 0 Å². The highest BCUT2D eigenvalue weighted by Crippen LogP contribution is 2.20. The maximum absolute atomic E-state index is 7.83. The molecule has 0 spiro atoms. The van der Waals surface area contributed by atoms with E-state index in [9.17, 15) is 0 Å². The summed E-state index contributed by atoms with van der Waals surface area (Å²) in [5.74, 6) is 2.05. The monoisotopic (exact) mass is 168 g/mol. The lowest BCUT2D eigenvalue weighted by Gasteiger charge is -2.21. The third-order valence-electron chi connectivity index (χ3n) is 2.75. The van der Waals surface area contributed by atoms with Crippen molar-refractivity contribution in [3.63, 3.8) is 0 Å². The SMILES string of the molecule is CCC1CCN(C(=N)C(C)C)C1. The van der Waals surface area contributed by atoms with Crippen molar-refractivity contribution < 1.29 is 0 Å². The lowest BCUT2D eigenvalue weighted by atomic mass is 10.1. The third kappa shape index (κ3) is 1.99. The Kier molecular flexibility index (Phi) is 3.12. The molecule has 0 aromatic heterocycles. The predicted molar refractivity (Wildman–Crippen MR) is 52.5 cm³/mol. The summed E-state index contributed by atoms with van der Waals surface area (Å²) in [6.45, 7) is 8.67. The van der Waals surface area contributed by atoms with E-state index in [1.165, 1.54) is 12.8 Å². The van der Waals surface area contributed by atoms with Gasteiger partial charge in [-0.25, -0.2) is 0 Å². The van der Waals surface area contributed by atoms with E-state index in [4.69, 9.17) is 5.41 Å². The highest BCUT2D eigenvalue weighted by molar-refractivity contribution is 5.81. The van der Waals surface area contributed by atoms with Crippen LogP contribution in [0.15, 0.2) is 0 Å². The van der Waals surface area contributed by atoms with Crippen LogP contribution in [0, 0.1) is 17.2 Å². The fourth-order valence-electron chi connectivity index (χ4n) is 1.75. The summed E-state index contributed by atoms with van der Waals surface area (Å²) < 4.78 is 0. The van der Waals surface area contributed by atoms with Crippen LogP contribution in [0.2, 0.25) is 0 Å². The number of hydrogen-bond donors (Lipinski definition) is 1. The minimum Gasteiger partial charge on any atom is -0.360 e. The van der Waals surface area contributed by atoms with Gasteiger partial charge >= 0.3 is 0 Å². The Labute approximate surface area is 75.5 Å². The van der Waals surface area contributed by atoms with E-state index in [0.717, 1.165) is 24.8 Å². The van der Waals surface area contributed by atoms with E-state index in [2.05, 4.69) is 25.7 Å². The predicted octanol–water partition coefficient (Wildman–Crippen LogP) is 2.35. The van der Waals surface area contributed by atoms with E-state index in [1.807, 2.05) is 0 Å². The maximum atomic E-state index is 7.83. The molecule has 0 radical (unpaired) electrons. The van der Waals surface area contributed by atoms with Gasteiger partial charge in [0, 0.05) is 19.0 Å². The zero-order valence-corrected chi connectivity index (χ0v) is 8.43. The van der Waals surface area contributed by atoms with Gasteiger partial charge in [0.2, 0.25) is 0 Å². The molecule has 1 rings (SSSR count). The number of rotatable bonds is 2. The van der Waals surface area contributed by atoms with E-state index < -0.39 is 0 Å². The molecule has 1 aliphatic heterocycles. The summed E-state index contributed by atoms with van der Waals surface area (Å²) in [5, 5.41) is 7.83. The van der Waals surface area contributed by atoms with Crippen LogP contribution in [0.1, 0.15) is 33.6 Å². The molecule has 1 saturated heterocycles. The standard InChI is InChI=1S/C10H20N2/c1-4-9-5-6-12(7-9)10(11)8(2)3/h8-9,11H,4-7H2,1-3H3. The minimum absolute atomic E-state index is 0.389. The first-order chi connectivity index (χ1) is 5.65. The summed E-state index contributed by atoms with van der Waals surface area (Å²) in [6, 6.07) is 0. The number of hydrogen-bond acceptors (Lipinski definition) is 1. The van der Waals surface area contributed by atoms with Crippen molar-refractivity contribution in [3.05, 3.63) is 0 Å². The average molecular weight is 168 g/mol. The molecule has 1 fully saturated rings. The van der Waals surface area contributed by atoms with Crippen molar-refractivity contribution in [2.75, 3.05) is 13.1 Å². The molecule has 2 heteroatoms. The summed E-state index contributed by atoms with van der Waals surface area (Å²) in [6.07, 6.45) is 2.55. The minimum atomic E-state index is 0.389. The molecule has 1 unspecified atom stereocenters. The molecule has 0 aromatic carbocycles. The average Bonchev–Trinajstić information content (AvgIpc) is 2.50. The van der Waals surface area contributed by atoms with E-state index in [1.54, 1.807) is 0 Å². The van der Waals surface area contributed by atoms with Crippen molar-refractivity contribution in [2.45, 2.75) is 33.6 Å². The summed E-state index contributed by atoms with van der Waals surface area (Å²) in [5.41, 5.74) is 0. The van der Waals surface area contributed by atoms with Crippen LogP contribution < -0.4 is 0 Å². The second kappa shape index (κ2) is 3.92. The third-order valence-corrected chi connectivity index (χ3v) is 2.75. The van der Waals surface area contributed by atoms with Gasteiger partial charge in [-0.2, -0.15) is 0 Å². The molecule has 0 saturated carbocycles. The number of amidine groups is 1. The van der Waals surface area contributed by atoms with Crippen molar-refractivity contribution in [3.8, 4) is 0 Å². The fourth-order valence-corrected chi connectivity index (χ4v) is 1.75. The summed E-state index contributed by atoms with van der Waals surface area (Å²) in [7, 11) is 0. The first-order valence-electron chi connectivity index (χ1n) is 4.98. The van der Waals surface area contributed by atoms with Gasteiger partial charge in [0.05, 0.1) is 5.84 Å². The first-order valence-corrected chi connectivity index (χ1v) is 4.98. The molecule has 0 aliphatic carbocycles. The normalized spacial score (nSPS) is 23.7. The van der Waals surface area contributed by atoms with Gasteiger partial charge in [-0.3, -0.25) is 5.41 Å². The van der Waals surface area contributed by atoms with E-state index in [-0.39, 0.29) is 0 Å². The smallest absolute Gasteiger partial charge is 0.0983 e. The van der Waals surface area contributed by atoms with Crippen molar-refractivity contribution in [1.29, 1.82) is 5.41 Å². The van der Waals surface area contributed by atoms with Crippen LogP contribution in [-0.2, 0) is 0 Å². The van der Waals surface area contributed by atoms with Gasteiger partial charge in [-0.05, 0) is 12.3 Å². The Morgan fingerprint density at radius 1 is 1.58 bits per heavy atom. The lowest BCUT2D eigenvalue weighted by molar-refractivity contribution is 0.449. The Bertz CT molecular complexity index is 163. The van der Waals surface area contributed by atoms with Crippen molar-refractivity contribution >= 4 is 5.84 Å². The van der Waals surface area contributed by atoms with Gasteiger partial charge in [-0.1, -0.05) is 27.2 Å². The molecular weight excluding hydrogens is 148 g/mol. The molecule has 70 valence electrons. The number of nitrogens with one attached hydrogen (secondary N) is 1.